The minimum Gasteiger partial charge on any atom is -0.348 e. The number of hydrogen-bond donors (Lipinski definition) is 2. The number of nitrogens with one attached hydrogen (secondary N) is 2. The maximum absolute atomic E-state index is 13.1. The molecule has 152 valence electrons. The third kappa shape index (κ3) is 4.90. The van der Waals surface area contributed by atoms with E-state index in [0.29, 0.717) is 41.8 Å². The van der Waals surface area contributed by atoms with Crippen LogP contribution >= 0.6 is 11.6 Å². The Morgan fingerprint density at radius 2 is 2.04 bits per heavy atom. The number of nitrogens with zero attached hydrogens (tertiary/aromatic N) is 1. The van der Waals surface area contributed by atoms with Crippen molar-refractivity contribution in [1.82, 2.24) is 15.5 Å². The lowest BCUT2D eigenvalue weighted by Gasteiger charge is -2.30. The molecule has 1 aliphatic heterocycles. The molecule has 0 radical (unpaired) electrons. The zero-order chi connectivity index (χ0) is 20.8. The summed E-state index contributed by atoms with van der Waals surface area (Å²) in [5.41, 5.74) is 1.05. The summed E-state index contributed by atoms with van der Waals surface area (Å²) in [6.45, 7) is 5.77. The van der Waals surface area contributed by atoms with Crippen LogP contribution in [0.3, 0.4) is 0 Å². The van der Waals surface area contributed by atoms with Gasteiger partial charge in [-0.25, -0.2) is 0 Å². The van der Waals surface area contributed by atoms with Crippen LogP contribution in [0, 0.1) is 12.8 Å². The largest absolute Gasteiger partial charge is 0.348 e. The van der Waals surface area contributed by atoms with Gasteiger partial charge in [0.1, 0.15) is 18.4 Å². The highest BCUT2D eigenvalue weighted by Gasteiger charge is 2.38. The van der Waals surface area contributed by atoms with Crippen molar-refractivity contribution < 1.29 is 19.2 Å². The third-order valence-electron chi connectivity index (χ3n) is 4.93. The predicted octanol–water partition coefficient (Wildman–Crippen LogP) is 1.71. The van der Waals surface area contributed by atoms with E-state index in [2.05, 4.69) is 10.6 Å². The summed E-state index contributed by atoms with van der Waals surface area (Å²) in [7, 11) is 0. The molecule has 1 fully saturated rings. The molecule has 2 atom stereocenters. The molecule has 0 bridgehead atoms. The first kappa shape index (κ1) is 21.9. The Kier molecular flexibility index (Phi) is 7.57. The molecule has 3 amide bonds. The molecule has 0 saturated carbocycles. The topological polar surface area (TPSA) is 95.6 Å². The van der Waals surface area contributed by atoms with Gasteiger partial charge < -0.3 is 20.3 Å². The minimum absolute atomic E-state index is 0.0875. The lowest BCUT2D eigenvalue weighted by molar-refractivity contribution is -0.140. The second-order valence-corrected chi connectivity index (χ2v) is 7.62. The smallest absolute Gasteiger partial charge is 0.252 e. The number of amides is 3. The average Bonchev–Trinajstić information content (AvgIpc) is 3.15. The van der Waals surface area contributed by atoms with Crippen LogP contribution < -0.4 is 10.6 Å². The third-order valence-corrected chi connectivity index (χ3v) is 5.34. The van der Waals surface area contributed by atoms with Crippen LogP contribution in [0.1, 0.15) is 42.6 Å². The Labute approximate surface area is 169 Å². The number of benzene rings is 1. The highest BCUT2D eigenvalue weighted by atomic mass is 35.5. The Hall–Kier alpha value is -2.41. The maximum atomic E-state index is 13.1. The molecule has 1 aromatic rings. The number of halogens is 1. The Balaban J connectivity index is 2.17. The predicted molar refractivity (Wildman–Crippen MR) is 106 cm³/mol. The fourth-order valence-corrected chi connectivity index (χ4v) is 3.50. The highest BCUT2D eigenvalue weighted by molar-refractivity contribution is 6.31. The first-order chi connectivity index (χ1) is 13.3. The number of carbonyl (C=O) groups excluding carboxylic acids is 4. The van der Waals surface area contributed by atoms with Crippen molar-refractivity contribution in [2.24, 2.45) is 5.92 Å². The molecule has 2 rings (SSSR count). The van der Waals surface area contributed by atoms with Crippen molar-refractivity contribution in [3.05, 3.63) is 34.3 Å². The standard InChI is InChI=1S/C20H26ClN3O4/c1-12(2)17(23-18(26)14-6-4-7-15(21)13(14)3)20(28)24-10-5-8-16(24)19(27)22-9-11-25/h4,6-7,11-12,16-17H,5,8-10H2,1-3H3,(H,22,27)(H,23,26)/t16-,17-/m0/s1. The van der Waals surface area contributed by atoms with Crippen molar-refractivity contribution >= 4 is 35.6 Å². The van der Waals surface area contributed by atoms with E-state index in [4.69, 9.17) is 11.6 Å². The van der Waals surface area contributed by atoms with E-state index in [0.717, 1.165) is 0 Å². The van der Waals surface area contributed by atoms with Gasteiger partial charge in [-0.2, -0.15) is 0 Å². The summed E-state index contributed by atoms with van der Waals surface area (Å²) in [4.78, 5) is 50.1. The average molecular weight is 408 g/mol. The summed E-state index contributed by atoms with van der Waals surface area (Å²) < 4.78 is 0. The van der Waals surface area contributed by atoms with Gasteiger partial charge in [0.05, 0.1) is 6.54 Å². The van der Waals surface area contributed by atoms with Crippen molar-refractivity contribution in [3.63, 3.8) is 0 Å². The van der Waals surface area contributed by atoms with Gasteiger partial charge in [0.2, 0.25) is 11.8 Å². The van der Waals surface area contributed by atoms with Crippen molar-refractivity contribution in [2.45, 2.75) is 45.7 Å². The second kappa shape index (κ2) is 9.68. The van der Waals surface area contributed by atoms with Crippen LogP contribution in [0.5, 0.6) is 0 Å². The normalized spacial score (nSPS) is 17.3. The summed E-state index contributed by atoms with van der Waals surface area (Å²) in [6.07, 6.45) is 1.82. The molecule has 7 nitrogen and oxygen atoms in total. The van der Waals surface area contributed by atoms with Crippen LogP contribution in [-0.4, -0.2) is 54.1 Å². The fraction of sp³-hybridized carbons (Fsp3) is 0.500. The van der Waals surface area contributed by atoms with E-state index < -0.39 is 12.1 Å². The zero-order valence-electron chi connectivity index (χ0n) is 16.3. The lowest BCUT2D eigenvalue weighted by Crippen LogP contribution is -2.55. The van der Waals surface area contributed by atoms with Gasteiger partial charge in [-0.15, -0.1) is 0 Å². The van der Waals surface area contributed by atoms with E-state index in [9.17, 15) is 19.2 Å². The fourth-order valence-electron chi connectivity index (χ4n) is 3.33. The molecule has 28 heavy (non-hydrogen) atoms. The zero-order valence-corrected chi connectivity index (χ0v) is 17.1. The number of rotatable bonds is 7. The quantitative estimate of drug-likeness (QED) is 0.672. The molecule has 1 saturated heterocycles. The lowest BCUT2D eigenvalue weighted by atomic mass is 10.0. The summed E-state index contributed by atoms with van der Waals surface area (Å²) in [5, 5.41) is 5.79. The molecule has 0 aliphatic carbocycles. The van der Waals surface area contributed by atoms with E-state index in [1.807, 2.05) is 13.8 Å². The molecular formula is C20H26ClN3O4. The molecule has 1 aliphatic rings. The van der Waals surface area contributed by atoms with Gasteiger partial charge in [-0.1, -0.05) is 31.5 Å². The minimum atomic E-state index is -0.773. The van der Waals surface area contributed by atoms with Crippen LogP contribution in [0.15, 0.2) is 18.2 Å². The van der Waals surface area contributed by atoms with Gasteiger partial charge in [0.15, 0.2) is 0 Å². The first-order valence-corrected chi connectivity index (χ1v) is 9.73. The number of likely N-dealkylation sites (tertiary alicyclic amines) is 1. The molecule has 0 aromatic heterocycles. The van der Waals surface area contributed by atoms with Gasteiger partial charge in [0, 0.05) is 17.1 Å². The van der Waals surface area contributed by atoms with Crippen LogP contribution in [0.4, 0.5) is 0 Å². The van der Waals surface area contributed by atoms with Crippen molar-refractivity contribution in [1.29, 1.82) is 0 Å². The molecule has 1 heterocycles. The molecule has 2 N–H and O–H groups in total. The van der Waals surface area contributed by atoms with Crippen LogP contribution in [-0.2, 0) is 14.4 Å². The molecule has 0 spiro atoms. The van der Waals surface area contributed by atoms with Crippen LogP contribution in [0.25, 0.3) is 0 Å². The van der Waals surface area contributed by atoms with Gasteiger partial charge in [0.25, 0.3) is 5.91 Å². The SMILES string of the molecule is Cc1c(Cl)cccc1C(=O)N[C@H](C(=O)N1CCC[C@H]1C(=O)NCC=O)C(C)C. The molecule has 8 heteroatoms. The van der Waals surface area contributed by atoms with Gasteiger partial charge in [-0.3, -0.25) is 14.4 Å². The van der Waals surface area contributed by atoms with E-state index in [1.54, 1.807) is 25.1 Å². The Morgan fingerprint density at radius 1 is 1.32 bits per heavy atom. The summed E-state index contributed by atoms with van der Waals surface area (Å²) >= 11 is 6.09. The highest BCUT2D eigenvalue weighted by Crippen LogP contribution is 2.22. The van der Waals surface area contributed by atoms with E-state index >= 15 is 0 Å². The van der Waals surface area contributed by atoms with Gasteiger partial charge in [-0.05, 0) is 43.4 Å². The number of hydrogen-bond acceptors (Lipinski definition) is 4. The molecule has 1 aromatic carbocycles. The Bertz CT molecular complexity index is 766. The number of aldehydes is 1. The summed E-state index contributed by atoms with van der Waals surface area (Å²) in [5.74, 6) is -1.20. The number of carbonyl (C=O) groups is 4. The van der Waals surface area contributed by atoms with Crippen molar-refractivity contribution in [2.75, 3.05) is 13.1 Å². The molecular weight excluding hydrogens is 382 g/mol. The maximum Gasteiger partial charge on any atom is 0.252 e. The van der Waals surface area contributed by atoms with Gasteiger partial charge >= 0.3 is 0 Å². The van der Waals surface area contributed by atoms with Crippen LogP contribution in [0.2, 0.25) is 5.02 Å². The monoisotopic (exact) mass is 407 g/mol. The molecule has 0 unspecified atom stereocenters. The Morgan fingerprint density at radius 3 is 2.68 bits per heavy atom. The first-order valence-electron chi connectivity index (χ1n) is 9.35. The second-order valence-electron chi connectivity index (χ2n) is 7.21. The van der Waals surface area contributed by atoms with E-state index in [1.165, 1.54) is 4.90 Å². The van der Waals surface area contributed by atoms with Crippen molar-refractivity contribution in [3.8, 4) is 0 Å². The van der Waals surface area contributed by atoms with E-state index in [-0.39, 0.29) is 30.2 Å². The summed E-state index contributed by atoms with van der Waals surface area (Å²) in [6, 6.07) is 3.64.